The van der Waals surface area contributed by atoms with Gasteiger partial charge in [0, 0.05) is 21.7 Å². The highest BCUT2D eigenvalue weighted by molar-refractivity contribution is 14.1. The van der Waals surface area contributed by atoms with Gasteiger partial charge in [-0.05, 0) is 72.4 Å². The Morgan fingerprint density at radius 2 is 1.95 bits per heavy atom. The summed E-state index contributed by atoms with van der Waals surface area (Å²) in [4.78, 5) is 14.9. The van der Waals surface area contributed by atoms with Crippen molar-refractivity contribution in [3.63, 3.8) is 0 Å². The van der Waals surface area contributed by atoms with E-state index >= 15 is 0 Å². The molecular formula is C16H20INO. The van der Waals surface area contributed by atoms with Crippen molar-refractivity contribution in [2.45, 2.75) is 44.6 Å². The first-order valence-corrected chi connectivity index (χ1v) is 8.40. The molecular weight excluding hydrogens is 349 g/mol. The minimum atomic E-state index is 0.245. The summed E-state index contributed by atoms with van der Waals surface area (Å²) < 4.78 is 1.14. The van der Waals surface area contributed by atoms with Crippen molar-refractivity contribution in [2.24, 2.45) is 5.92 Å². The third kappa shape index (κ3) is 2.81. The van der Waals surface area contributed by atoms with Crippen molar-refractivity contribution in [1.29, 1.82) is 0 Å². The molecule has 2 fully saturated rings. The molecule has 1 heterocycles. The van der Waals surface area contributed by atoms with Crippen LogP contribution in [-0.2, 0) is 0 Å². The fourth-order valence-electron chi connectivity index (χ4n) is 3.66. The Hall–Kier alpha value is -0.580. The molecule has 2 nitrogen and oxygen atoms in total. The number of rotatable bonds is 1. The molecule has 0 N–H and O–H groups in total. The van der Waals surface area contributed by atoms with E-state index in [1.165, 1.54) is 38.5 Å². The molecule has 1 saturated carbocycles. The lowest BCUT2D eigenvalue weighted by Crippen LogP contribution is -2.49. The van der Waals surface area contributed by atoms with Crippen LogP contribution in [0.3, 0.4) is 0 Å². The van der Waals surface area contributed by atoms with Crippen molar-refractivity contribution < 1.29 is 4.79 Å². The highest BCUT2D eigenvalue weighted by Gasteiger charge is 2.35. The number of hydrogen-bond donors (Lipinski definition) is 0. The Balaban J connectivity index is 1.82. The summed E-state index contributed by atoms with van der Waals surface area (Å²) in [6.45, 7) is 0.950. The Morgan fingerprint density at radius 3 is 2.79 bits per heavy atom. The van der Waals surface area contributed by atoms with E-state index in [0.717, 1.165) is 21.6 Å². The van der Waals surface area contributed by atoms with Crippen LogP contribution in [0.5, 0.6) is 0 Å². The highest BCUT2D eigenvalue weighted by atomic mass is 127. The second-order valence-electron chi connectivity index (χ2n) is 5.76. The van der Waals surface area contributed by atoms with Gasteiger partial charge in [0.05, 0.1) is 0 Å². The minimum Gasteiger partial charge on any atom is -0.335 e. The first-order chi connectivity index (χ1) is 9.25. The van der Waals surface area contributed by atoms with Crippen LogP contribution in [0.4, 0.5) is 0 Å². The molecule has 1 aliphatic carbocycles. The van der Waals surface area contributed by atoms with Crippen LogP contribution in [0, 0.1) is 9.49 Å². The van der Waals surface area contributed by atoms with Gasteiger partial charge in [-0.25, -0.2) is 0 Å². The van der Waals surface area contributed by atoms with Crippen molar-refractivity contribution in [1.82, 2.24) is 4.90 Å². The quantitative estimate of drug-likeness (QED) is 0.683. The molecule has 2 atom stereocenters. The average Bonchev–Trinajstić information content (AvgIpc) is 2.46. The fraction of sp³-hybridized carbons (Fsp3) is 0.562. The van der Waals surface area contributed by atoms with Crippen molar-refractivity contribution >= 4 is 28.5 Å². The van der Waals surface area contributed by atoms with Gasteiger partial charge in [0.2, 0.25) is 0 Å². The second-order valence-corrected chi connectivity index (χ2v) is 7.01. The Bertz CT molecular complexity index is 472. The number of amides is 1. The fourth-order valence-corrected chi connectivity index (χ4v) is 4.21. The van der Waals surface area contributed by atoms with Crippen molar-refractivity contribution in [2.75, 3.05) is 6.54 Å². The van der Waals surface area contributed by atoms with E-state index in [4.69, 9.17) is 0 Å². The number of carbonyl (C=O) groups is 1. The number of piperidine rings is 1. The van der Waals surface area contributed by atoms with Gasteiger partial charge in [-0.2, -0.15) is 0 Å². The summed E-state index contributed by atoms with van der Waals surface area (Å²) in [6.07, 6.45) is 7.67. The van der Waals surface area contributed by atoms with Crippen LogP contribution in [0.1, 0.15) is 48.9 Å². The summed E-state index contributed by atoms with van der Waals surface area (Å²) in [7, 11) is 0. The zero-order valence-corrected chi connectivity index (χ0v) is 13.3. The molecule has 0 radical (unpaired) electrons. The summed E-state index contributed by atoms with van der Waals surface area (Å²) in [6, 6.07) is 8.49. The van der Waals surface area contributed by atoms with Gasteiger partial charge in [-0.1, -0.05) is 18.9 Å². The summed E-state index contributed by atoms with van der Waals surface area (Å²) in [5.41, 5.74) is 0.859. The van der Waals surface area contributed by atoms with E-state index in [-0.39, 0.29) is 5.91 Å². The molecule has 2 aliphatic rings. The van der Waals surface area contributed by atoms with Crippen molar-refractivity contribution in [3.8, 4) is 0 Å². The monoisotopic (exact) mass is 369 g/mol. The number of hydrogen-bond acceptors (Lipinski definition) is 1. The lowest BCUT2D eigenvalue weighted by atomic mass is 9.78. The number of fused-ring (bicyclic) bond motifs is 1. The van der Waals surface area contributed by atoms with E-state index in [0.29, 0.717) is 6.04 Å². The number of likely N-dealkylation sites (tertiary alicyclic amines) is 1. The lowest BCUT2D eigenvalue weighted by molar-refractivity contribution is 0.0390. The third-order valence-electron chi connectivity index (χ3n) is 4.58. The number of nitrogens with zero attached hydrogens (tertiary/aromatic N) is 1. The number of carbonyl (C=O) groups excluding carboxylic acids is 1. The SMILES string of the molecule is O=C(c1cccc(I)c1)N1CCC[C@H]2CCCC[C@H]21. The summed E-state index contributed by atoms with van der Waals surface area (Å²) in [5, 5.41) is 0. The van der Waals surface area contributed by atoms with E-state index in [1.807, 2.05) is 24.3 Å². The maximum atomic E-state index is 12.7. The van der Waals surface area contributed by atoms with Crippen LogP contribution in [-0.4, -0.2) is 23.4 Å². The zero-order chi connectivity index (χ0) is 13.2. The molecule has 1 amide bonds. The molecule has 0 aromatic heterocycles. The van der Waals surface area contributed by atoms with Crippen LogP contribution in [0.2, 0.25) is 0 Å². The van der Waals surface area contributed by atoms with Gasteiger partial charge in [0.15, 0.2) is 0 Å². The maximum absolute atomic E-state index is 12.7. The van der Waals surface area contributed by atoms with E-state index in [9.17, 15) is 4.79 Å². The van der Waals surface area contributed by atoms with Crippen LogP contribution in [0.25, 0.3) is 0 Å². The lowest BCUT2D eigenvalue weighted by Gasteiger charge is -2.44. The largest absolute Gasteiger partial charge is 0.335 e. The minimum absolute atomic E-state index is 0.245. The summed E-state index contributed by atoms with van der Waals surface area (Å²) in [5.74, 6) is 1.00. The van der Waals surface area contributed by atoms with Gasteiger partial charge < -0.3 is 4.90 Å². The first kappa shape index (κ1) is 13.4. The van der Waals surface area contributed by atoms with Crippen LogP contribution < -0.4 is 0 Å². The van der Waals surface area contributed by atoms with E-state index in [2.05, 4.69) is 27.5 Å². The molecule has 1 saturated heterocycles. The Morgan fingerprint density at radius 1 is 1.16 bits per heavy atom. The normalized spacial score (nSPS) is 26.9. The zero-order valence-electron chi connectivity index (χ0n) is 11.1. The van der Waals surface area contributed by atoms with Crippen molar-refractivity contribution in [3.05, 3.63) is 33.4 Å². The molecule has 1 aliphatic heterocycles. The smallest absolute Gasteiger partial charge is 0.254 e. The molecule has 19 heavy (non-hydrogen) atoms. The standard InChI is InChI=1S/C16H20INO/c17-14-8-3-6-13(11-14)16(19)18-10-4-7-12-5-1-2-9-15(12)18/h3,6,8,11-12,15H,1-2,4-5,7,9-10H2/t12-,15-/m1/s1. The van der Waals surface area contributed by atoms with Gasteiger partial charge in [-0.3, -0.25) is 4.79 Å². The summed E-state index contributed by atoms with van der Waals surface area (Å²) >= 11 is 2.28. The Labute approximate surface area is 128 Å². The molecule has 1 aromatic rings. The molecule has 102 valence electrons. The van der Waals surface area contributed by atoms with Gasteiger partial charge in [0.1, 0.15) is 0 Å². The molecule has 3 rings (SSSR count). The third-order valence-corrected chi connectivity index (χ3v) is 5.25. The maximum Gasteiger partial charge on any atom is 0.254 e. The van der Waals surface area contributed by atoms with E-state index < -0.39 is 0 Å². The predicted octanol–water partition coefficient (Wildman–Crippen LogP) is 4.09. The highest BCUT2D eigenvalue weighted by Crippen LogP contribution is 2.35. The number of halogens is 1. The van der Waals surface area contributed by atoms with Crippen LogP contribution in [0.15, 0.2) is 24.3 Å². The van der Waals surface area contributed by atoms with Gasteiger partial charge >= 0.3 is 0 Å². The predicted molar refractivity (Wildman–Crippen MR) is 85.2 cm³/mol. The number of benzene rings is 1. The molecule has 3 heteroatoms. The molecule has 1 aromatic carbocycles. The molecule has 0 spiro atoms. The molecule has 0 unspecified atom stereocenters. The van der Waals surface area contributed by atoms with Crippen LogP contribution >= 0.6 is 22.6 Å². The molecule has 0 bridgehead atoms. The Kier molecular flexibility index (Phi) is 4.10. The van der Waals surface area contributed by atoms with Gasteiger partial charge in [0.25, 0.3) is 5.91 Å². The topological polar surface area (TPSA) is 20.3 Å². The van der Waals surface area contributed by atoms with E-state index in [1.54, 1.807) is 0 Å². The second kappa shape index (κ2) is 5.81. The van der Waals surface area contributed by atoms with Gasteiger partial charge in [-0.15, -0.1) is 0 Å². The average molecular weight is 369 g/mol. The first-order valence-electron chi connectivity index (χ1n) is 7.32.